The molecule has 1 aromatic carbocycles. The fourth-order valence-electron chi connectivity index (χ4n) is 4.73. The smallest absolute Gasteiger partial charge is 0.387 e. The minimum Gasteiger partial charge on any atom is -0.481 e. The second-order valence-electron chi connectivity index (χ2n) is 9.69. The van der Waals surface area contributed by atoms with Crippen molar-refractivity contribution in [2.24, 2.45) is 5.41 Å². The van der Waals surface area contributed by atoms with Crippen molar-refractivity contribution < 1.29 is 27.8 Å². The van der Waals surface area contributed by atoms with Gasteiger partial charge in [0.25, 0.3) is 0 Å². The molecule has 0 amide bonds. The molecule has 1 fully saturated rings. The van der Waals surface area contributed by atoms with Gasteiger partial charge in [0.1, 0.15) is 17.2 Å². The molecule has 1 N–H and O–H groups in total. The lowest BCUT2D eigenvalue weighted by atomic mass is 9.80. The molecule has 0 aliphatic carbocycles. The summed E-state index contributed by atoms with van der Waals surface area (Å²) in [6.07, 6.45) is 5.88. The minimum absolute atomic E-state index is 0.0737. The molecule has 0 bridgehead atoms. The highest BCUT2D eigenvalue weighted by Crippen LogP contribution is 2.33. The van der Waals surface area contributed by atoms with Gasteiger partial charge in [0.2, 0.25) is 5.95 Å². The number of piperidine rings is 1. The van der Waals surface area contributed by atoms with Crippen LogP contribution in [-0.2, 0) is 11.2 Å². The molecule has 0 spiro atoms. The normalized spacial score (nSPS) is 15.3. The number of alkyl halides is 2. The Morgan fingerprint density at radius 3 is 2.53 bits per heavy atom. The zero-order valence-electron chi connectivity index (χ0n) is 20.9. The van der Waals surface area contributed by atoms with Crippen molar-refractivity contribution >= 4 is 17.6 Å². The van der Waals surface area contributed by atoms with Gasteiger partial charge in [-0.15, -0.1) is 0 Å². The molecule has 3 aromatic heterocycles. The third-order valence-electron chi connectivity index (χ3n) is 7.17. The van der Waals surface area contributed by atoms with Gasteiger partial charge in [0, 0.05) is 66.6 Å². The monoisotopic (exact) mass is 525 g/mol. The molecule has 1 saturated heterocycles. The number of benzene rings is 1. The van der Waals surface area contributed by atoms with Gasteiger partial charge in [-0.25, -0.2) is 19.3 Å². The van der Waals surface area contributed by atoms with Gasteiger partial charge in [-0.1, -0.05) is 18.2 Å². The molecule has 38 heavy (non-hydrogen) atoms. The Balaban J connectivity index is 1.43. The largest absolute Gasteiger partial charge is 0.481 e. The zero-order chi connectivity index (χ0) is 27.0. The van der Waals surface area contributed by atoms with Crippen LogP contribution in [0.2, 0.25) is 0 Å². The number of fused-ring (bicyclic) bond motifs is 1. The molecule has 0 atom stereocenters. The molecule has 4 aromatic rings. The van der Waals surface area contributed by atoms with Crippen molar-refractivity contribution in [3.63, 3.8) is 0 Å². The van der Waals surface area contributed by atoms with Crippen molar-refractivity contribution in [3.05, 3.63) is 71.7 Å². The molecule has 4 heterocycles. The van der Waals surface area contributed by atoms with E-state index in [0.29, 0.717) is 60.0 Å². The number of carboxylic acid groups (broad SMARTS) is 1. The number of anilines is 1. The summed E-state index contributed by atoms with van der Waals surface area (Å²) in [7, 11) is 0. The van der Waals surface area contributed by atoms with Gasteiger partial charge >= 0.3 is 12.6 Å². The average molecular weight is 526 g/mol. The van der Waals surface area contributed by atoms with E-state index >= 15 is 4.39 Å². The van der Waals surface area contributed by atoms with Crippen LogP contribution in [-0.4, -0.2) is 50.1 Å². The fraction of sp³-hybridized carbons (Fsp3) is 0.333. The molecule has 0 unspecified atom stereocenters. The van der Waals surface area contributed by atoms with Crippen LogP contribution in [0.15, 0.2) is 48.9 Å². The van der Waals surface area contributed by atoms with E-state index in [0.717, 1.165) is 0 Å². The van der Waals surface area contributed by atoms with Gasteiger partial charge in [0.05, 0.1) is 11.1 Å². The second-order valence-corrected chi connectivity index (χ2v) is 9.69. The number of carboxylic acids is 1. The lowest BCUT2D eigenvalue weighted by Gasteiger charge is -2.36. The van der Waals surface area contributed by atoms with Crippen LogP contribution in [0.25, 0.3) is 16.8 Å². The Kier molecular flexibility index (Phi) is 6.68. The summed E-state index contributed by atoms with van der Waals surface area (Å²) in [5.74, 6) is -0.775. The maximum Gasteiger partial charge on any atom is 0.387 e. The average Bonchev–Trinajstić information content (AvgIpc) is 3.18. The van der Waals surface area contributed by atoms with Crippen LogP contribution in [0.3, 0.4) is 0 Å². The highest BCUT2D eigenvalue weighted by atomic mass is 19.3. The summed E-state index contributed by atoms with van der Waals surface area (Å²) in [6, 6.07) is 7.86. The van der Waals surface area contributed by atoms with Crippen LogP contribution in [0.5, 0.6) is 5.75 Å². The number of aryl methyl sites for hydroxylation is 1. The Morgan fingerprint density at radius 1 is 1.18 bits per heavy atom. The number of halogens is 3. The van der Waals surface area contributed by atoms with E-state index in [-0.39, 0.29) is 17.7 Å². The number of carbonyl (C=O) groups is 1. The van der Waals surface area contributed by atoms with Crippen LogP contribution in [0.1, 0.15) is 36.7 Å². The minimum atomic E-state index is -2.95. The SMILES string of the molecule is Cc1nc2cc(F)c(-c3cnc(N4CCC(C)(C(=O)O)CC4)nc3)cn2c1Cc1ccccc1OC(F)F. The van der Waals surface area contributed by atoms with E-state index in [9.17, 15) is 18.7 Å². The van der Waals surface area contributed by atoms with E-state index in [1.165, 1.54) is 24.5 Å². The first-order valence-corrected chi connectivity index (χ1v) is 12.2. The molecule has 5 rings (SSSR count). The third-order valence-corrected chi connectivity index (χ3v) is 7.17. The number of aromatic nitrogens is 4. The Bertz CT molecular complexity index is 1480. The Labute approximate surface area is 216 Å². The first kappa shape index (κ1) is 25.5. The molecular weight excluding hydrogens is 499 g/mol. The van der Waals surface area contributed by atoms with Crippen LogP contribution in [0, 0.1) is 18.2 Å². The molecule has 8 nitrogen and oxygen atoms in total. The number of rotatable bonds is 7. The summed E-state index contributed by atoms with van der Waals surface area (Å²) >= 11 is 0. The lowest BCUT2D eigenvalue weighted by molar-refractivity contribution is -0.149. The van der Waals surface area contributed by atoms with Gasteiger partial charge in [0.15, 0.2) is 0 Å². The van der Waals surface area contributed by atoms with E-state index < -0.39 is 23.8 Å². The maximum atomic E-state index is 15.1. The number of aliphatic carboxylic acids is 1. The number of para-hydroxylation sites is 1. The highest BCUT2D eigenvalue weighted by molar-refractivity contribution is 5.74. The van der Waals surface area contributed by atoms with E-state index in [1.54, 1.807) is 42.6 Å². The molecule has 1 aliphatic heterocycles. The predicted octanol–water partition coefficient (Wildman–Crippen LogP) is 5.12. The van der Waals surface area contributed by atoms with Crippen molar-refractivity contribution in [3.8, 4) is 16.9 Å². The number of ether oxygens (including phenoxy) is 1. The highest BCUT2D eigenvalue weighted by Gasteiger charge is 2.37. The summed E-state index contributed by atoms with van der Waals surface area (Å²) in [4.78, 5) is 26.7. The van der Waals surface area contributed by atoms with Gasteiger partial charge in [-0.3, -0.25) is 4.79 Å². The molecule has 1 aliphatic rings. The van der Waals surface area contributed by atoms with E-state index in [2.05, 4.69) is 19.7 Å². The first-order chi connectivity index (χ1) is 18.1. The van der Waals surface area contributed by atoms with Crippen LogP contribution < -0.4 is 9.64 Å². The van der Waals surface area contributed by atoms with Gasteiger partial charge in [-0.05, 0) is 32.8 Å². The van der Waals surface area contributed by atoms with Crippen LogP contribution >= 0.6 is 0 Å². The summed E-state index contributed by atoms with van der Waals surface area (Å²) in [6.45, 7) is 1.59. The molecular formula is C27H26F3N5O3. The van der Waals surface area contributed by atoms with Crippen LogP contribution in [0.4, 0.5) is 19.1 Å². The van der Waals surface area contributed by atoms with Crippen molar-refractivity contribution in [1.29, 1.82) is 0 Å². The Morgan fingerprint density at radius 2 is 1.87 bits per heavy atom. The predicted molar refractivity (Wildman–Crippen MR) is 134 cm³/mol. The summed E-state index contributed by atoms with van der Waals surface area (Å²) in [5.41, 5.74) is 2.24. The zero-order valence-corrected chi connectivity index (χ0v) is 20.9. The van der Waals surface area contributed by atoms with Crippen molar-refractivity contribution in [1.82, 2.24) is 19.4 Å². The molecule has 11 heteroatoms. The van der Waals surface area contributed by atoms with E-state index in [1.807, 2.05) is 4.90 Å². The quantitative estimate of drug-likeness (QED) is 0.358. The maximum absolute atomic E-state index is 15.1. The summed E-state index contributed by atoms with van der Waals surface area (Å²) < 4.78 is 47.3. The topological polar surface area (TPSA) is 92.9 Å². The molecule has 0 saturated carbocycles. The van der Waals surface area contributed by atoms with Gasteiger partial charge in [-0.2, -0.15) is 8.78 Å². The number of imidazole rings is 1. The van der Waals surface area contributed by atoms with Crippen molar-refractivity contribution in [2.75, 3.05) is 18.0 Å². The molecule has 198 valence electrons. The summed E-state index contributed by atoms with van der Waals surface area (Å²) in [5, 5.41) is 9.44. The second kappa shape index (κ2) is 9.96. The lowest BCUT2D eigenvalue weighted by Crippen LogP contribution is -2.43. The number of nitrogens with zero attached hydrogens (tertiary/aromatic N) is 5. The van der Waals surface area contributed by atoms with Crippen molar-refractivity contribution in [2.45, 2.75) is 39.7 Å². The van der Waals surface area contributed by atoms with E-state index in [4.69, 9.17) is 0 Å². The fourth-order valence-corrected chi connectivity index (χ4v) is 4.73. The Hall–Kier alpha value is -4.15. The number of hydrogen-bond donors (Lipinski definition) is 1. The van der Waals surface area contributed by atoms with Gasteiger partial charge < -0.3 is 19.1 Å². The first-order valence-electron chi connectivity index (χ1n) is 12.2. The third kappa shape index (κ3) is 4.88. The standard InChI is InChI=1S/C27H26F3N5O3/c1-16-21(11-17-5-3-4-6-22(17)38-25(29)30)35-15-19(20(28)12-23(35)33-16)18-13-31-26(32-14-18)34-9-7-27(2,8-10-34)24(36)37/h3-6,12-15,25H,7-11H2,1-2H3,(H,36,37). The number of hydrogen-bond acceptors (Lipinski definition) is 6. The number of pyridine rings is 1. The molecule has 0 radical (unpaired) electrons.